The van der Waals surface area contributed by atoms with Gasteiger partial charge in [0.1, 0.15) is 0 Å². The molecule has 1 aromatic heterocycles. The highest BCUT2D eigenvalue weighted by atomic mass is 32.1. The molecule has 0 bridgehead atoms. The summed E-state index contributed by atoms with van der Waals surface area (Å²) < 4.78 is 0. The van der Waals surface area contributed by atoms with E-state index in [2.05, 4.69) is 25.3 Å². The van der Waals surface area contributed by atoms with Gasteiger partial charge in [-0.25, -0.2) is 0 Å². The topological polar surface area (TPSA) is 0 Å². The Morgan fingerprint density at radius 2 is 1.24 bits per heavy atom. The Balaban J connectivity index is 2.09. The van der Waals surface area contributed by atoms with Gasteiger partial charge < -0.3 is 0 Å². The fourth-order valence-electron chi connectivity index (χ4n) is 2.90. The molecule has 1 aromatic rings. The molecule has 0 aliphatic heterocycles. The first-order valence-electron chi connectivity index (χ1n) is 9.36. The van der Waals surface area contributed by atoms with Gasteiger partial charge in [0.05, 0.1) is 0 Å². The van der Waals surface area contributed by atoms with Gasteiger partial charge in [-0.1, -0.05) is 78.1 Å². The molecule has 0 saturated heterocycles. The van der Waals surface area contributed by atoms with E-state index in [4.69, 9.17) is 0 Å². The van der Waals surface area contributed by atoms with Crippen LogP contribution in [0.1, 0.15) is 101 Å². The molecule has 1 rings (SSSR count). The Labute approximate surface area is 137 Å². The maximum Gasteiger partial charge on any atom is 0.0448 e. The van der Waals surface area contributed by atoms with E-state index in [9.17, 15) is 0 Å². The number of rotatable bonds is 14. The van der Waals surface area contributed by atoms with Crippen molar-refractivity contribution < 1.29 is 0 Å². The maximum absolute atomic E-state index is 3.36. The van der Waals surface area contributed by atoms with Crippen molar-refractivity contribution in [3.05, 3.63) is 21.9 Å². The summed E-state index contributed by atoms with van der Waals surface area (Å²) in [6.07, 6.45) is 19.4. The molecule has 0 amide bonds. The molecule has 0 atom stereocenters. The van der Waals surface area contributed by atoms with Crippen LogP contribution in [0, 0.1) is 5.38 Å². The molecule has 0 aromatic carbocycles. The molecule has 0 nitrogen and oxygen atoms in total. The van der Waals surface area contributed by atoms with Crippen molar-refractivity contribution in [1.82, 2.24) is 0 Å². The second kappa shape index (κ2) is 13.4. The molecule has 0 unspecified atom stereocenters. The Bertz CT molecular complexity index is 296. The van der Waals surface area contributed by atoms with Gasteiger partial charge in [-0.3, -0.25) is 0 Å². The Kier molecular flexibility index (Phi) is 11.9. The number of unbranched alkanes of at least 4 members (excludes halogenated alkanes) is 10. The van der Waals surface area contributed by atoms with Crippen molar-refractivity contribution in [2.75, 3.05) is 0 Å². The van der Waals surface area contributed by atoms with E-state index in [1.54, 1.807) is 10.4 Å². The van der Waals surface area contributed by atoms with Gasteiger partial charge in [-0.2, -0.15) is 0 Å². The lowest BCUT2D eigenvalue weighted by molar-refractivity contribution is 0.601. The summed E-state index contributed by atoms with van der Waals surface area (Å²) in [5, 5.41) is 3.36. The Morgan fingerprint density at radius 3 is 1.86 bits per heavy atom. The van der Waals surface area contributed by atoms with Crippen LogP contribution in [-0.4, -0.2) is 0 Å². The van der Waals surface area contributed by atoms with Gasteiger partial charge in [-0.05, 0) is 37.3 Å². The van der Waals surface area contributed by atoms with Gasteiger partial charge >= 0.3 is 0 Å². The lowest BCUT2D eigenvalue weighted by Crippen LogP contribution is -1.91. The third kappa shape index (κ3) is 9.34. The summed E-state index contributed by atoms with van der Waals surface area (Å²) >= 11 is 1.86. The van der Waals surface area contributed by atoms with Crippen LogP contribution in [0.5, 0.6) is 0 Å². The van der Waals surface area contributed by atoms with E-state index in [-0.39, 0.29) is 0 Å². The summed E-state index contributed by atoms with van der Waals surface area (Å²) in [6, 6.07) is 2.25. The maximum atomic E-state index is 3.36. The normalized spacial score (nSPS) is 11.1. The fraction of sp³-hybridized carbons (Fsp3) is 0.800. The average molecular weight is 308 g/mol. The number of hydrogen-bond acceptors (Lipinski definition) is 1. The van der Waals surface area contributed by atoms with Crippen LogP contribution in [-0.2, 0) is 12.8 Å². The lowest BCUT2D eigenvalue weighted by atomic mass is 10.0. The monoisotopic (exact) mass is 307 g/mol. The zero-order valence-corrected chi connectivity index (χ0v) is 15.2. The Hall–Kier alpha value is -0.300. The minimum Gasteiger partial charge on any atom is -0.139 e. The smallest absolute Gasteiger partial charge is 0.0448 e. The lowest BCUT2D eigenvalue weighted by Gasteiger charge is -2.05. The molecule has 1 heteroatoms. The second-order valence-corrected chi connectivity index (χ2v) is 7.28. The van der Waals surface area contributed by atoms with Gasteiger partial charge in [0.2, 0.25) is 0 Å². The molecule has 0 N–H and O–H groups in total. The van der Waals surface area contributed by atoms with Crippen LogP contribution in [0.3, 0.4) is 0 Å². The van der Waals surface area contributed by atoms with E-state index in [0.717, 1.165) is 0 Å². The second-order valence-electron chi connectivity index (χ2n) is 6.35. The molecule has 0 aliphatic carbocycles. The number of hydrogen-bond donors (Lipinski definition) is 0. The van der Waals surface area contributed by atoms with Gasteiger partial charge in [-0.15, -0.1) is 11.3 Å². The summed E-state index contributed by atoms with van der Waals surface area (Å²) in [5.74, 6) is 0. The Morgan fingerprint density at radius 1 is 0.714 bits per heavy atom. The molecular weight excluding hydrogens is 272 g/mol. The van der Waals surface area contributed by atoms with Crippen LogP contribution in [0.15, 0.2) is 6.07 Å². The fourth-order valence-corrected chi connectivity index (χ4v) is 3.78. The van der Waals surface area contributed by atoms with Crippen molar-refractivity contribution in [3.8, 4) is 0 Å². The quantitative estimate of drug-likeness (QED) is 0.315. The third-order valence-electron chi connectivity index (χ3n) is 4.33. The summed E-state index contributed by atoms with van der Waals surface area (Å²) in [5.41, 5.74) is 1.60. The first-order chi connectivity index (χ1) is 10.4. The molecule has 0 spiro atoms. The highest BCUT2D eigenvalue weighted by molar-refractivity contribution is 7.09. The summed E-state index contributed by atoms with van der Waals surface area (Å²) in [7, 11) is 0. The highest BCUT2D eigenvalue weighted by Gasteiger charge is 2.04. The van der Waals surface area contributed by atoms with Gasteiger partial charge in [0.15, 0.2) is 0 Å². The molecule has 0 saturated carbocycles. The largest absolute Gasteiger partial charge is 0.139 e. The van der Waals surface area contributed by atoms with Crippen LogP contribution in [0.25, 0.3) is 0 Å². The number of aryl methyl sites for hydroxylation is 2. The molecule has 121 valence electrons. The van der Waals surface area contributed by atoms with Crippen molar-refractivity contribution in [1.29, 1.82) is 0 Å². The van der Waals surface area contributed by atoms with E-state index < -0.39 is 0 Å². The molecular formula is C20H35S. The first-order valence-corrected chi connectivity index (χ1v) is 10.2. The highest BCUT2D eigenvalue weighted by Crippen LogP contribution is 2.22. The van der Waals surface area contributed by atoms with Crippen LogP contribution in [0.2, 0.25) is 0 Å². The summed E-state index contributed by atoms with van der Waals surface area (Å²) in [4.78, 5) is 1.62. The van der Waals surface area contributed by atoms with Crippen molar-refractivity contribution >= 4 is 11.3 Å². The number of thiophene rings is 1. The minimum absolute atomic E-state index is 1.29. The molecule has 1 heterocycles. The van der Waals surface area contributed by atoms with Crippen LogP contribution in [0.4, 0.5) is 0 Å². The first kappa shape index (κ1) is 18.7. The molecule has 0 fully saturated rings. The zero-order valence-electron chi connectivity index (χ0n) is 14.4. The van der Waals surface area contributed by atoms with Crippen molar-refractivity contribution in [3.63, 3.8) is 0 Å². The summed E-state index contributed by atoms with van der Waals surface area (Å²) in [6.45, 7) is 4.58. The predicted molar refractivity (Wildman–Crippen MR) is 97.3 cm³/mol. The van der Waals surface area contributed by atoms with Crippen molar-refractivity contribution in [2.45, 2.75) is 104 Å². The molecule has 1 radical (unpaired) electrons. The third-order valence-corrected chi connectivity index (χ3v) is 5.28. The van der Waals surface area contributed by atoms with E-state index in [1.807, 2.05) is 11.3 Å². The van der Waals surface area contributed by atoms with E-state index in [0.29, 0.717) is 0 Å². The SMILES string of the molecule is CCCCCCCCc1c[c]sc1CCCCCCCC. The minimum atomic E-state index is 1.29. The molecule has 21 heavy (non-hydrogen) atoms. The average Bonchev–Trinajstić information content (AvgIpc) is 2.94. The van der Waals surface area contributed by atoms with Crippen molar-refractivity contribution in [2.24, 2.45) is 0 Å². The van der Waals surface area contributed by atoms with E-state index >= 15 is 0 Å². The van der Waals surface area contributed by atoms with E-state index in [1.165, 1.54) is 89.9 Å². The zero-order chi connectivity index (χ0) is 15.2. The van der Waals surface area contributed by atoms with Crippen LogP contribution >= 0.6 is 11.3 Å². The standard InChI is InChI=1S/C20H35S/c1-3-5-7-9-11-13-15-19-17-18-21-20(19)16-14-12-10-8-6-4-2/h17H,3-16H2,1-2H3. The predicted octanol–water partition coefficient (Wildman–Crippen LogP) is 7.35. The van der Waals surface area contributed by atoms with Gasteiger partial charge in [0.25, 0.3) is 0 Å². The van der Waals surface area contributed by atoms with Gasteiger partial charge in [0, 0.05) is 10.3 Å². The molecule has 0 aliphatic rings. The van der Waals surface area contributed by atoms with Crippen LogP contribution < -0.4 is 0 Å².